The van der Waals surface area contributed by atoms with Crippen molar-refractivity contribution in [2.75, 3.05) is 0 Å². The number of benzene rings is 3. The lowest BCUT2D eigenvalue weighted by Gasteiger charge is -2.19. The average molecular weight is 925 g/mol. The molecule has 0 saturated carbocycles. The van der Waals surface area contributed by atoms with Gasteiger partial charge in [-0.2, -0.15) is 0 Å². The van der Waals surface area contributed by atoms with Crippen LogP contribution in [0, 0.1) is 0 Å². The Balaban J connectivity index is 1.05. The minimum atomic E-state index is -0.462. The van der Waals surface area contributed by atoms with Crippen LogP contribution in [0.15, 0.2) is 84.9 Å². The highest BCUT2D eigenvalue weighted by molar-refractivity contribution is 7.24. The van der Waals surface area contributed by atoms with E-state index in [-0.39, 0.29) is 17.0 Å². The standard InChI is InChI=1S/C56H64N2O4S3/c1-7-9-11-13-15-17-19-39-33-44(64-51(39)43-31-32-46(63-43)55(3,4)57)35-21-25-37(26-22-35)47-41-29-30-42-48(54(60)62-50(42)49(41)61-53(47)59)38-27-23-36(24-28-38)45-34-40(52(65-45)56(5,6)58)20-18-16-14-12-10-8-2/h21-34H,7-20,57-58H2,1-6H3. The predicted molar refractivity (Wildman–Crippen MR) is 273 cm³/mol. The summed E-state index contributed by atoms with van der Waals surface area (Å²) in [6.07, 6.45) is 17.1. The second-order valence-electron chi connectivity index (χ2n) is 19.1. The van der Waals surface area contributed by atoms with E-state index in [9.17, 15) is 9.59 Å². The summed E-state index contributed by atoms with van der Waals surface area (Å²) in [7, 11) is 0. The summed E-state index contributed by atoms with van der Waals surface area (Å²) in [6, 6.07) is 29.1. The van der Waals surface area contributed by atoms with Crippen molar-refractivity contribution in [2.24, 2.45) is 11.5 Å². The van der Waals surface area contributed by atoms with Crippen molar-refractivity contribution in [3.05, 3.63) is 127 Å². The number of aryl methyl sites for hydroxylation is 2. The number of ether oxygens (including phenoxy) is 2. The molecule has 3 aromatic carbocycles. The van der Waals surface area contributed by atoms with E-state index >= 15 is 0 Å². The Morgan fingerprint density at radius 1 is 0.477 bits per heavy atom. The number of thiophene rings is 3. The fourth-order valence-electron chi connectivity index (χ4n) is 9.08. The SMILES string of the molecule is CCCCCCCCc1cc(-c2ccc(C3=c4ccc5c(c4OC3=O)OC(=O)C=5c3ccc(-c4cc(CCCCCCCC)c(C(C)(C)N)s4)cc3)cc2)sc1-c1ccc(C(C)(C)N)s1. The van der Waals surface area contributed by atoms with E-state index in [1.54, 1.807) is 22.7 Å². The highest BCUT2D eigenvalue weighted by Gasteiger charge is 2.34. The molecule has 0 aliphatic carbocycles. The lowest BCUT2D eigenvalue weighted by Crippen LogP contribution is -2.28. The van der Waals surface area contributed by atoms with Gasteiger partial charge in [0, 0.05) is 50.8 Å². The first-order chi connectivity index (χ1) is 31.2. The van der Waals surface area contributed by atoms with Crippen LogP contribution in [0.5, 0.6) is 11.5 Å². The summed E-state index contributed by atoms with van der Waals surface area (Å²) >= 11 is 5.37. The van der Waals surface area contributed by atoms with Crippen LogP contribution in [0.4, 0.5) is 0 Å². The normalized spacial score (nSPS) is 13.7. The lowest BCUT2D eigenvalue weighted by molar-refractivity contribution is -0.129. The first kappa shape index (κ1) is 46.9. The Kier molecular flexibility index (Phi) is 14.5. The third-order valence-electron chi connectivity index (χ3n) is 12.6. The highest BCUT2D eigenvalue weighted by atomic mass is 32.1. The van der Waals surface area contributed by atoms with Crippen LogP contribution < -0.4 is 31.4 Å². The largest absolute Gasteiger partial charge is 0.418 e. The molecular formula is C56H64N2O4S3. The van der Waals surface area contributed by atoms with E-state index in [1.165, 1.54) is 111 Å². The smallest absolute Gasteiger partial charge is 0.345 e. The van der Waals surface area contributed by atoms with Crippen LogP contribution in [0.1, 0.15) is 151 Å². The van der Waals surface area contributed by atoms with Crippen molar-refractivity contribution in [1.82, 2.24) is 0 Å². The Labute approximate surface area is 397 Å². The van der Waals surface area contributed by atoms with Gasteiger partial charge in [-0.15, -0.1) is 34.0 Å². The molecule has 2 aliphatic rings. The van der Waals surface area contributed by atoms with Gasteiger partial charge in [-0.3, -0.25) is 0 Å². The van der Waals surface area contributed by atoms with E-state index in [4.69, 9.17) is 20.9 Å². The second-order valence-corrected chi connectivity index (χ2v) is 22.3. The van der Waals surface area contributed by atoms with E-state index in [1.807, 2.05) is 47.7 Å². The van der Waals surface area contributed by atoms with Crippen LogP contribution in [0.25, 0.3) is 41.8 Å². The van der Waals surface area contributed by atoms with Gasteiger partial charge in [0.25, 0.3) is 0 Å². The number of nitrogens with two attached hydrogens (primary N) is 2. The van der Waals surface area contributed by atoms with Gasteiger partial charge in [-0.1, -0.05) is 127 Å². The van der Waals surface area contributed by atoms with Crippen molar-refractivity contribution in [1.29, 1.82) is 0 Å². The third kappa shape index (κ3) is 10.4. The molecule has 0 bridgehead atoms. The summed E-state index contributed by atoms with van der Waals surface area (Å²) in [5.41, 5.74) is 19.7. The molecule has 65 heavy (non-hydrogen) atoms. The molecule has 340 valence electrons. The summed E-state index contributed by atoms with van der Waals surface area (Å²) in [4.78, 5) is 34.6. The maximum atomic E-state index is 13.6. The van der Waals surface area contributed by atoms with Crippen LogP contribution in [0.2, 0.25) is 0 Å². The summed E-state index contributed by atoms with van der Waals surface area (Å²) in [5, 5.41) is 1.24. The Bertz CT molecular complexity index is 2790. The molecule has 3 aromatic heterocycles. The monoisotopic (exact) mass is 924 g/mol. The fraction of sp³-hybridized carbons (Fsp3) is 0.393. The molecule has 0 atom stereocenters. The van der Waals surface area contributed by atoms with Gasteiger partial charge in [0.15, 0.2) is 11.5 Å². The number of hydrogen-bond acceptors (Lipinski definition) is 9. The van der Waals surface area contributed by atoms with Gasteiger partial charge in [0.1, 0.15) is 0 Å². The van der Waals surface area contributed by atoms with E-state index in [2.05, 4.69) is 90.1 Å². The molecule has 0 saturated heterocycles. The Hall–Kier alpha value is -4.64. The van der Waals surface area contributed by atoms with Crippen LogP contribution in [0.3, 0.4) is 0 Å². The van der Waals surface area contributed by atoms with Crippen LogP contribution in [-0.2, 0) is 33.5 Å². The molecule has 9 heteroatoms. The molecule has 5 heterocycles. The molecule has 0 amide bonds. The predicted octanol–water partition coefficient (Wildman–Crippen LogP) is 13.3. The zero-order valence-electron chi connectivity index (χ0n) is 39.0. The number of hydrogen-bond donors (Lipinski definition) is 2. The molecule has 8 rings (SSSR count). The summed E-state index contributed by atoms with van der Waals surface area (Å²) < 4.78 is 11.8. The van der Waals surface area contributed by atoms with Crippen LogP contribution in [-0.4, -0.2) is 11.9 Å². The summed E-state index contributed by atoms with van der Waals surface area (Å²) in [6.45, 7) is 12.8. The molecule has 0 fully saturated rings. The summed E-state index contributed by atoms with van der Waals surface area (Å²) in [5.74, 6) is -0.343. The molecule has 6 aromatic rings. The molecule has 2 aliphatic heterocycles. The highest BCUT2D eigenvalue weighted by Crippen LogP contribution is 2.44. The molecular weight excluding hydrogens is 861 g/mol. The number of carbonyl (C=O) groups is 2. The minimum absolute atomic E-state index is 0.290. The first-order valence-electron chi connectivity index (χ1n) is 23.8. The minimum Gasteiger partial charge on any atom is -0.418 e. The number of fused-ring (bicyclic) bond motifs is 3. The van der Waals surface area contributed by atoms with Crippen molar-refractivity contribution >= 4 is 57.1 Å². The van der Waals surface area contributed by atoms with E-state index < -0.39 is 17.5 Å². The zero-order chi connectivity index (χ0) is 45.9. The maximum Gasteiger partial charge on any atom is 0.345 e. The van der Waals surface area contributed by atoms with Gasteiger partial charge in [0.05, 0.1) is 11.1 Å². The van der Waals surface area contributed by atoms with Crippen molar-refractivity contribution in [3.8, 4) is 42.1 Å². The first-order valence-corrected chi connectivity index (χ1v) is 26.2. The lowest BCUT2D eigenvalue weighted by atomic mass is 9.96. The fourth-order valence-corrected chi connectivity index (χ4v) is 12.7. The van der Waals surface area contributed by atoms with Crippen molar-refractivity contribution in [2.45, 2.75) is 143 Å². The van der Waals surface area contributed by atoms with Gasteiger partial charge in [0.2, 0.25) is 0 Å². The van der Waals surface area contributed by atoms with Gasteiger partial charge in [-0.25, -0.2) is 9.59 Å². The molecule has 0 spiro atoms. The van der Waals surface area contributed by atoms with E-state index in [0.717, 1.165) is 41.5 Å². The number of esters is 2. The topological polar surface area (TPSA) is 105 Å². The second kappa shape index (κ2) is 20.1. The average Bonchev–Trinajstić information content (AvgIpc) is 4.12. The Morgan fingerprint density at radius 3 is 1.40 bits per heavy atom. The molecule has 6 nitrogen and oxygen atoms in total. The molecule has 4 N–H and O–H groups in total. The van der Waals surface area contributed by atoms with E-state index in [0.29, 0.717) is 21.6 Å². The van der Waals surface area contributed by atoms with Gasteiger partial charge < -0.3 is 20.9 Å². The van der Waals surface area contributed by atoms with Gasteiger partial charge >= 0.3 is 11.9 Å². The zero-order valence-corrected chi connectivity index (χ0v) is 41.4. The number of rotatable bonds is 21. The van der Waals surface area contributed by atoms with Crippen molar-refractivity contribution in [3.63, 3.8) is 0 Å². The quantitative estimate of drug-likeness (QED) is 0.0423. The molecule has 0 unspecified atom stereocenters. The Morgan fingerprint density at radius 2 is 0.923 bits per heavy atom. The third-order valence-corrected chi connectivity index (χ3v) is 17.0. The number of unbranched alkanes of at least 4 members (excludes halogenated alkanes) is 10. The maximum absolute atomic E-state index is 13.6. The molecule has 0 radical (unpaired) electrons. The van der Waals surface area contributed by atoms with Gasteiger partial charge in [-0.05, 0) is 123 Å². The number of carbonyl (C=O) groups excluding carboxylic acids is 2. The van der Waals surface area contributed by atoms with Crippen LogP contribution >= 0.6 is 34.0 Å². The van der Waals surface area contributed by atoms with Crippen molar-refractivity contribution < 1.29 is 19.1 Å².